The number of carboxylic acids is 1. The van der Waals surface area contributed by atoms with Crippen LogP contribution in [-0.4, -0.2) is 28.9 Å². The summed E-state index contributed by atoms with van der Waals surface area (Å²) in [5, 5.41) is 21.1. The molecule has 0 aliphatic heterocycles. The number of aromatic carboxylic acids is 1. The van der Waals surface area contributed by atoms with Gasteiger partial charge < -0.3 is 14.9 Å². The highest BCUT2D eigenvalue weighted by molar-refractivity contribution is 5.96. The van der Waals surface area contributed by atoms with Crippen LogP contribution in [0.2, 0.25) is 0 Å². The standard InChI is InChI=1S/C20H31NO5/c1-2-3-4-5-6-7-8-9-10-11-15-26-20(25)21-17-14-12-13-16(18(17)22)19(23)24/h12-14,22H,2-11,15H2,1H3,(H,21,25)(H,23,24). The highest BCUT2D eigenvalue weighted by Gasteiger charge is 2.14. The zero-order chi connectivity index (χ0) is 19.2. The number of anilines is 1. The normalized spacial score (nSPS) is 10.5. The molecule has 6 heteroatoms. The lowest BCUT2D eigenvalue weighted by atomic mass is 10.1. The molecule has 0 heterocycles. The number of aromatic hydroxyl groups is 1. The van der Waals surface area contributed by atoms with Crippen LogP contribution in [0.3, 0.4) is 0 Å². The van der Waals surface area contributed by atoms with Crippen molar-refractivity contribution in [1.29, 1.82) is 0 Å². The molecule has 3 N–H and O–H groups in total. The van der Waals surface area contributed by atoms with Crippen LogP contribution in [0.15, 0.2) is 18.2 Å². The molecule has 1 aromatic rings. The number of para-hydroxylation sites is 1. The van der Waals surface area contributed by atoms with Crippen molar-refractivity contribution in [3.05, 3.63) is 23.8 Å². The fourth-order valence-electron chi connectivity index (χ4n) is 2.72. The van der Waals surface area contributed by atoms with Crippen LogP contribution >= 0.6 is 0 Å². The molecule has 0 spiro atoms. The number of unbranched alkanes of at least 4 members (excludes halogenated alkanes) is 9. The average Bonchev–Trinajstić information content (AvgIpc) is 2.61. The summed E-state index contributed by atoms with van der Waals surface area (Å²) in [4.78, 5) is 22.7. The lowest BCUT2D eigenvalue weighted by molar-refractivity contribution is 0.0693. The SMILES string of the molecule is CCCCCCCCCCCCOC(=O)Nc1cccc(C(=O)O)c1O. The molecule has 1 aromatic carbocycles. The van der Waals surface area contributed by atoms with Crippen LogP contribution in [0, 0.1) is 0 Å². The Balaban J connectivity index is 2.11. The summed E-state index contributed by atoms with van der Waals surface area (Å²) in [7, 11) is 0. The first-order valence-electron chi connectivity index (χ1n) is 9.55. The van der Waals surface area contributed by atoms with E-state index < -0.39 is 17.8 Å². The summed E-state index contributed by atoms with van der Waals surface area (Å²) in [6, 6.07) is 4.13. The van der Waals surface area contributed by atoms with E-state index in [2.05, 4.69) is 12.2 Å². The van der Waals surface area contributed by atoms with E-state index in [-0.39, 0.29) is 11.3 Å². The number of benzene rings is 1. The third-order valence-corrected chi connectivity index (χ3v) is 4.23. The molecule has 0 saturated heterocycles. The van der Waals surface area contributed by atoms with E-state index in [1.165, 1.54) is 63.1 Å². The molecular weight excluding hydrogens is 334 g/mol. The zero-order valence-corrected chi connectivity index (χ0v) is 15.6. The molecule has 0 aliphatic carbocycles. The Kier molecular flexibility index (Phi) is 10.9. The first-order valence-corrected chi connectivity index (χ1v) is 9.55. The number of phenols is 1. The second kappa shape index (κ2) is 13.0. The van der Waals surface area contributed by atoms with E-state index >= 15 is 0 Å². The molecule has 0 saturated carbocycles. The highest BCUT2D eigenvalue weighted by atomic mass is 16.5. The van der Waals surface area contributed by atoms with Crippen molar-refractivity contribution in [3.63, 3.8) is 0 Å². The Labute approximate surface area is 155 Å². The number of amides is 1. The number of carbonyl (C=O) groups is 2. The molecule has 146 valence electrons. The molecule has 0 radical (unpaired) electrons. The van der Waals surface area contributed by atoms with Crippen molar-refractivity contribution in [1.82, 2.24) is 0 Å². The molecule has 0 aliphatic rings. The largest absolute Gasteiger partial charge is 0.505 e. The van der Waals surface area contributed by atoms with Crippen LogP contribution in [0.25, 0.3) is 0 Å². The Morgan fingerprint density at radius 1 is 0.962 bits per heavy atom. The van der Waals surface area contributed by atoms with Gasteiger partial charge in [-0.2, -0.15) is 0 Å². The van der Waals surface area contributed by atoms with E-state index in [0.29, 0.717) is 6.61 Å². The van der Waals surface area contributed by atoms with Gasteiger partial charge in [-0.25, -0.2) is 9.59 Å². The monoisotopic (exact) mass is 365 g/mol. The van der Waals surface area contributed by atoms with Crippen molar-refractivity contribution in [2.75, 3.05) is 11.9 Å². The van der Waals surface area contributed by atoms with Crippen LogP contribution in [-0.2, 0) is 4.74 Å². The number of hydrogen-bond acceptors (Lipinski definition) is 4. The molecule has 6 nitrogen and oxygen atoms in total. The van der Waals surface area contributed by atoms with Crippen molar-refractivity contribution in [3.8, 4) is 5.75 Å². The lowest BCUT2D eigenvalue weighted by Crippen LogP contribution is -2.15. The Bertz CT molecular complexity index is 559. The second-order valence-electron chi connectivity index (χ2n) is 6.45. The maximum absolute atomic E-state index is 11.7. The minimum Gasteiger partial charge on any atom is -0.505 e. The summed E-state index contributed by atoms with van der Waals surface area (Å²) >= 11 is 0. The van der Waals surface area contributed by atoms with Crippen LogP contribution in [0.5, 0.6) is 5.75 Å². The van der Waals surface area contributed by atoms with Crippen LogP contribution in [0.1, 0.15) is 81.5 Å². The predicted molar refractivity (Wildman–Crippen MR) is 102 cm³/mol. The van der Waals surface area contributed by atoms with Gasteiger partial charge in [-0.05, 0) is 18.6 Å². The van der Waals surface area contributed by atoms with Crippen molar-refractivity contribution in [2.24, 2.45) is 0 Å². The Morgan fingerprint density at radius 3 is 2.12 bits per heavy atom. The van der Waals surface area contributed by atoms with Crippen molar-refractivity contribution < 1.29 is 24.5 Å². The van der Waals surface area contributed by atoms with E-state index in [9.17, 15) is 14.7 Å². The first kappa shape index (κ1) is 21.8. The van der Waals surface area contributed by atoms with Crippen LogP contribution < -0.4 is 5.32 Å². The van der Waals surface area contributed by atoms with Gasteiger partial charge in [0.05, 0.1) is 12.3 Å². The third kappa shape index (κ3) is 8.74. The first-order chi connectivity index (χ1) is 12.6. The maximum Gasteiger partial charge on any atom is 0.411 e. The lowest BCUT2D eigenvalue weighted by Gasteiger charge is -2.09. The molecular formula is C20H31NO5. The third-order valence-electron chi connectivity index (χ3n) is 4.23. The molecule has 1 amide bonds. The van der Waals surface area contributed by atoms with E-state index in [4.69, 9.17) is 9.84 Å². The summed E-state index contributed by atoms with van der Waals surface area (Å²) in [5.41, 5.74) is -0.240. The van der Waals surface area contributed by atoms with Gasteiger partial charge >= 0.3 is 12.1 Å². The molecule has 0 bridgehead atoms. The van der Waals surface area contributed by atoms with E-state index in [0.717, 1.165) is 19.3 Å². The van der Waals surface area contributed by atoms with Gasteiger partial charge in [-0.15, -0.1) is 0 Å². The molecule has 0 unspecified atom stereocenters. The van der Waals surface area contributed by atoms with Gasteiger partial charge in [0, 0.05) is 0 Å². The summed E-state index contributed by atoms with van der Waals surface area (Å²) in [6.07, 6.45) is 11.3. The molecule has 1 rings (SSSR count). The van der Waals surface area contributed by atoms with Crippen molar-refractivity contribution >= 4 is 17.7 Å². The summed E-state index contributed by atoms with van der Waals surface area (Å²) < 4.78 is 5.06. The van der Waals surface area contributed by atoms with Gasteiger partial charge in [0.15, 0.2) is 5.75 Å². The number of nitrogens with one attached hydrogen (secondary N) is 1. The fraction of sp³-hybridized carbons (Fsp3) is 0.600. The van der Waals surface area contributed by atoms with Gasteiger partial charge in [0.1, 0.15) is 5.56 Å². The van der Waals surface area contributed by atoms with Gasteiger partial charge in [0.2, 0.25) is 0 Å². The Morgan fingerprint density at radius 2 is 1.54 bits per heavy atom. The number of carboxylic acid groups (broad SMARTS) is 1. The topological polar surface area (TPSA) is 95.9 Å². The minimum absolute atomic E-state index is 0.0259. The average molecular weight is 365 g/mol. The minimum atomic E-state index is -1.26. The van der Waals surface area contributed by atoms with E-state index in [1.54, 1.807) is 0 Å². The predicted octanol–water partition coefficient (Wildman–Crippen LogP) is 5.56. The quantitative estimate of drug-likeness (QED) is 0.314. The maximum atomic E-state index is 11.7. The van der Waals surface area contributed by atoms with E-state index in [1.807, 2.05) is 0 Å². The molecule has 0 aromatic heterocycles. The smallest absolute Gasteiger partial charge is 0.411 e. The van der Waals surface area contributed by atoms with Crippen LogP contribution in [0.4, 0.5) is 10.5 Å². The second-order valence-corrected chi connectivity index (χ2v) is 6.45. The van der Waals surface area contributed by atoms with Gasteiger partial charge in [-0.1, -0.05) is 70.8 Å². The highest BCUT2D eigenvalue weighted by Crippen LogP contribution is 2.27. The van der Waals surface area contributed by atoms with Gasteiger partial charge in [0.25, 0.3) is 0 Å². The summed E-state index contributed by atoms with van der Waals surface area (Å²) in [5.74, 6) is -1.74. The zero-order valence-electron chi connectivity index (χ0n) is 15.6. The Hall–Kier alpha value is -2.24. The molecule has 0 atom stereocenters. The van der Waals surface area contributed by atoms with Crippen molar-refractivity contribution in [2.45, 2.75) is 71.1 Å². The number of ether oxygens (including phenoxy) is 1. The van der Waals surface area contributed by atoms with Gasteiger partial charge in [-0.3, -0.25) is 5.32 Å². The molecule has 26 heavy (non-hydrogen) atoms. The molecule has 0 fully saturated rings. The number of hydrogen-bond donors (Lipinski definition) is 3. The summed E-state index contributed by atoms with van der Waals surface area (Å²) in [6.45, 7) is 2.53. The number of carbonyl (C=O) groups excluding carboxylic acids is 1. The fourth-order valence-corrected chi connectivity index (χ4v) is 2.72. The number of rotatable bonds is 13.